The molecule has 0 bridgehead atoms. The van der Waals surface area contributed by atoms with Crippen molar-refractivity contribution in [2.24, 2.45) is 0 Å². The molecule has 0 aliphatic rings. The summed E-state index contributed by atoms with van der Waals surface area (Å²) in [5, 5.41) is 2.81. The van der Waals surface area contributed by atoms with Crippen molar-refractivity contribution < 1.29 is 9.53 Å². The van der Waals surface area contributed by atoms with Crippen LogP contribution in [0.3, 0.4) is 0 Å². The van der Waals surface area contributed by atoms with Gasteiger partial charge < -0.3 is 10.1 Å². The van der Waals surface area contributed by atoms with Crippen molar-refractivity contribution in [3.63, 3.8) is 0 Å². The number of ether oxygens (including phenoxy) is 1. The Morgan fingerprint density at radius 1 is 0.600 bits per heavy atom. The van der Waals surface area contributed by atoms with E-state index >= 15 is 0 Å². The van der Waals surface area contributed by atoms with Gasteiger partial charge in [0.2, 0.25) is 0 Å². The fourth-order valence-corrected chi connectivity index (χ4v) is 3.11. The van der Waals surface area contributed by atoms with Crippen LogP contribution in [-0.2, 0) is 4.74 Å². The Labute approximate surface area is 157 Å². The zero-order chi connectivity index (χ0) is 18.4. The highest BCUT2D eigenvalue weighted by molar-refractivity contribution is 5.66. The third-order valence-corrected chi connectivity index (χ3v) is 4.74. The zero-order valence-corrected chi connectivity index (χ0v) is 17.3. The molecular weight excluding hydrogens is 310 g/mol. The Morgan fingerprint density at radius 2 is 1.00 bits per heavy atom. The monoisotopic (exact) mass is 355 g/mol. The van der Waals surface area contributed by atoms with E-state index in [4.69, 9.17) is 4.74 Å². The van der Waals surface area contributed by atoms with E-state index in [2.05, 4.69) is 12.2 Å². The van der Waals surface area contributed by atoms with E-state index < -0.39 is 0 Å². The van der Waals surface area contributed by atoms with Crippen LogP contribution in [0.25, 0.3) is 0 Å². The van der Waals surface area contributed by atoms with Crippen LogP contribution in [0.15, 0.2) is 0 Å². The van der Waals surface area contributed by atoms with Gasteiger partial charge in [-0.3, -0.25) is 0 Å². The minimum atomic E-state index is -0.261. The van der Waals surface area contributed by atoms with Gasteiger partial charge in [0.1, 0.15) is 0 Å². The van der Waals surface area contributed by atoms with Gasteiger partial charge in [-0.2, -0.15) is 0 Å². The Morgan fingerprint density at radius 3 is 1.40 bits per heavy atom. The molecule has 0 saturated heterocycles. The largest absolute Gasteiger partial charge is 0.450 e. The van der Waals surface area contributed by atoms with Gasteiger partial charge >= 0.3 is 6.09 Å². The van der Waals surface area contributed by atoms with Crippen molar-refractivity contribution in [3.8, 4) is 0 Å². The summed E-state index contributed by atoms with van der Waals surface area (Å²) in [7, 11) is 0. The number of hydrogen-bond donors (Lipinski definition) is 1. The average Bonchev–Trinajstić information content (AvgIpc) is 2.62. The van der Waals surface area contributed by atoms with Gasteiger partial charge in [-0.25, -0.2) is 4.79 Å². The number of hydrogen-bond acceptors (Lipinski definition) is 2. The Balaban J connectivity index is 3.04. The summed E-state index contributed by atoms with van der Waals surface area (Å²) in [6.07, 6.45) is 22.6. The molecule has 0 spiro atoms. The van der Waals surface area contributed by atoms with E-state index in [0.29, 0.717) is 6.61 Å². The first kappa shape index (κ1) is 24.3. The van der Waals surface area contributed by atoms with E-state index in [1.54, 1.807) is 0 Å². The number of unbranched alkanes of at least 4 members (excludes halogenated alkanes) is 15. The van der Waals surface area contributed by atoms with Crippen molar-refractivity contribution >= 4 is 6.09 Å². The Hall–Kier alpha value is -0.730. The van der Waals surface area contributed by atoms with Gasteiger partial charge in [-0.15, -0.1) is 0 Å². The maximum Gasteiger partial charge on any atom is 0.407 e. The highest BCUT2D eigenvalue weighted by Crippen LogP contribution is 2.13. The lowest BCUT2D eigenvalue weighted by Gasteiger charge is -2.06. The second-order valence-corrected chi connectivity index (χ2v) is 7.37. The number of rotatable bonds is 19. The van der Waals surface area contributed by atoms with Crippen LogP contribution >= 0.6 is 0 Å². The topological polar surface area (TPSA) is 38.3 Å². The second kappa shape index (κ2) is 21.3. The van der Waals surface area contributed by atoms with Crippen molar-refractivity contribution in [2.75, 3.05) is 13.2 Å². The second-order valence-electron chi connectivity index (χ2n) is 7.37. The fourth-order valence-electron chi connectivity index (χ4n) is 3.11. The number of alkyl carbamates (subject to hydrolysis) is 1. The van der Waals surface area contributed by atoms with Crippen LogP contribution < -0.4 is 5.32 Å². The maximum absolute atomic E-state index is 11.2. The van der Waals surface area contributed by atoms with Crippen LogP contribution in [-0.4, -0.2) is 19.2 Å². The van der Waals surface area contributed by atoms with Crippen LogP contribution in [0.2, 0.25) is 0 Å². The molecule has 0 aromatic rings. The summed E-state index contributed by atoms with van der Waals surface area (Å²) in [6.45, 7) is 5.55. The van der Waals surface area contributed by atoms with Gasteiger partial charge in [0, 0.05) is 6.54 Å². The first-order chi connectivity index (χ1) is 12.3. The molecule has 0 saturated carbocycles. The Bertz CT molecular complexity index is 269. The first-order valence-corrected chi connectivity index (χ1v) is 11.2. The van der Waals surface area contributed by atoms with E-state index in [1.165, 1.54) is 96.3 Å². The van der Waals surface area contributed by atoms with Crippen molar-refractivity contribution in [1.82, 2.24) is 5.32 Å². The smallest absolute Gasteiger partial charge is 0.407 e. The normalized spacial score (nSPS) is 10.8. The maximum atomic E-state index is 11.2. The number of carbonyl (C=O) groups is 1. The molecular formula is C22H45NO2. The van der Waals surface area contributed by atoms with E-state index in [9.17, 15) is 4.79 Å². The van der Waals surface area contributed by atoms with Crippen LogP contribution in [0, 0.1) is 0 Å². The highest BCUT2D eigenvalue weighted by atomic mass is 16.5. The summed E-state index contributed by atoms with van der Waals surface area (Å²) in [5.41, 5.74) is 0. The van der Waals surface area contributed by atoms with Crippen molar-refractivity contribution in [1.29, 1.82) is 0 Å². The average molecular weight is 356 g/mol. The molecule has 0 unspecified atom stereocenters. The van der Waals surface area contributed by atoms with Gasteiger partial charge in [-0.05, 0) is 12.8 Å². The molecule has 1 amide bonds. The molecule has 0 aliphatic heterocycles. The van der Waals surface area contributed by atoms with Crippen molar-refractivity contribution in [3.05, 3.63) is 0 Å². The SMILES string of the molecule is CCCCCCCCCCCCCCCCCCNC(=O)OCCC. The first-order valence-electron chi connectivity index (χ1n) is 11.2. The van der Waals surface area contributed by atoms with E-state index in [0.717, 1.165) is 19.4 Å². The quantitative estimate of drug-likeness (QED) is 0.245. The standard InChI is InChI=1S/C22H45NO2/c1-3-5-6-7-8-9-10-11-12-13-14-15-16-17-18-19-20-23-22(24)25-21-4-2/h3-21H2,1-2H3,(H,23,24). The summed E-state index contributed by atoms with van der Waals surface area (Å²) in [6, 6.07) is 0. The summed E-state index contributed by atoms with van der Waals surface area (Å²) < 4.78 is 4.97. The minimum absolute atomic E-state index is 0.261. The summed E-state index contributed by atoms with van der Waals surface area (Å²) in [4.78, 5) is 11.2. The lowest BCUT2D eigenvalue weighted by atomic mass is 10.0. The highest BCUT2D eigenvalue weighted by Gasteiger charge is 1.99. The molecule has 1 N–H and O–H groups in total. The lowest BCUT2D eigenvalue weighted by molar-refractivity contribution is 0.146. The predicted molar refractivity (Wildman–Crippen MR) is 109 cm³/mol. The van der Waals surface area contributed by atoms with Crippen LogP contribution in [0.1, 0.15) is 123 Å². The van der Waals surface area contributed by atoms with Gasteiger partial charge in [0.05, 0.1) is 6.61 Å². The van der Waals surface area contributed by atoms with Crippen molar-refractivity contribution in [2.45, 2.75) is 123 Å². The fraction of sp³-hybridized carbons (Fsp3) is 0.955. The molecule has 0 aromatic heterocycles. The number of amides is 1. The predicted octanol–water partition coefficient (Wildman–Crippen LogP) is 7.38. The van der Waals surface area contributed by atoms with Crippen LogP contribution in [0.4, 0.5) is 4.79 Å². The third kappa shape index (κ3) is 21.2. The molecule has 0 fully saturated rings. The molecule has 0 aromatic carbocycles. The van der Waals surface area contributed by atoms with Gasteiger partial charge in [0.25, 0.3) is 0 Å². The molecule has 0 rings (SSSR count). The third-order valence-electron chi connectivity index (χ3n) is 4.74. The lowest BCUT2D eigenvalue weighted by Crippen LogP contribution is -2.25. The van der Waals surface area contributed by atoms with Crippen LogP contribution in [0.5, 0.6) is 0 Å². The Kier molecular flexibility index (Phi) is 20.7. The summed E-state index contributed by atoms with van der Waals surface area (Å²) in [5.74, 6) is 0. The molecule has 3 nitrogen and oxygen atoms in total. The molecule has 25 heavy (non-hydrogen) atoms. The molecule has 150 valence electrons. The van der Waals surface area contributed by atoms with Gasteiger partial charge in [-0.1, -0.05) is 110 Å². The van der Waals surface area contributed by atoms with E-state index in [-0.39, 0.29) is 6.09 Å². The molecule has 0 aliphatic carbocycles. The molecule has 0 radical (unpaired) electrons. The van der Waals surface area contributed by atoms with E-state index in [1.807, 2.05) is 6.92 Å². The minimum Gasteiger partial charge on any atom is -0.450 e. The number of nitrogens with one attached hydrogen (secondary N) is 1. The zero-order valence-electron chi connectivity index (χ0n) is 17.3. The molecule has 3 heteroatoms. The van der Waals surface area contributed by atoms with Gasteiger partial charge in [0.15, 0.2) is 0 Å². The summed E-state index contributed by atoms with van der Waals surface area (Å²) >= 11 is 0. The molecule has 0 atom stereocenters. The number of carbonyl (C=O) groups excluding carboxylic acids is 1. The molecule has 0 heterocycles.